The second kappa shape index (κ2) is 9.24. The number of piperidine rings is 1. The molecule has 6 heteroatoms. The average Bonchev–Trinajstić information content (AvgIpc) is 3.42. The summed E-state index contributed by atoms with van der Waals surface area (Å²) in [5.41, 5.74) is 2.64. The monoisotopic (exact) mass is 453 g/mol. The fourth-order valence-corrected chi connectivity index (χ4v) is 5.59. The Morgan fingerprint density at radius 2 is 1.84 bits per heavy atom. The standard InChI is InChI=1S/C26H29ClFN3O/c27-20-6-4-17(5-7-20)14-18-10-12-31(13-11-18)25-3-1-2-23(25)30-26(32)24-16-19-15-21(28)8-9-22(19)29-24/h4-9,15-16,18,23,25,29H,1-3,10-14H2,(H,30,32). The molecule has 168 valence electrons. The number of carbonyl (C=O) groups excluding carboxylic acids is 1. The minimum absolute atomic E-state index is 0.101. The zero-order valence-corrected chi connectivity index (χ0v) is 18.9. The van der Waals surface area contributed by atoms with Gasteiger partial charge in [-0.15, -0.1) is 0 Å². The maximum absolute atomic E-state index is 13.5. The summed E-state index contributed by atoms with van der Waals surface area (Å²) in [5.74, 6) is 0.309. The molecule has 2 heterocycles. The SMILES string of the molecule is O=C(NC1CCCC1N1CCC(Cc2ccc(Cl)cc2)CC1)c1cc2cc(F)ccc2[nH]1. The summed E-state index contributed by atoms with van der Waals surface area (Å²) in [5, 5.41) is 4.77. The smallest absolute Gasteiger partial charge is 0.268 e. The molecule has 1 aliphatic carbocycles. The number of rotatable bonds is 5. The fraction of sp³-hybridized carbons (Fsp3) is 0.423. The van der Waals surface area contributed by atoms with Crippen LogP contribution >= 0.6 is 11.6 Å². The highest BCUT2D eigenvalue weighted by Gasteiger charge is 2.35. The Bertz CT molecular complexity index is 1090. The highest BCUT2D eigenvalue weighted by molar-refractivity contribution is 6.30. The second-order valence-electron chi connectivity index (χ2n) is 9.30. The van der Waals surface area contributed by atoms with Crippen LogP contribution in [0.5, 0.6) is 0 Å². The molecular formula is C26H29ClFN3O. The first kappa shape index (κ1) is 21.5. The van der Waals surface area contributed by atoms with E-state index in [1.165, 1.54) is 30.5 Å². The summed E-state index contributed by atoms with van der Waals surface area (Å²) < 4.78 is 13.5. The predicted octanol–water partition coefficient (Wildman–Crippen LogP) is 5.57. The van der Waals surface area contributed by atoms with Gasteiger partial charge in [0.05, 0.1) is 0 Å². The van der Waals surface area contributed by atoms with Gasteiger partial charge in [-0.2, -0.15) is 0 Å². The van der Waals surface area contributed by atoms with E-state index < -0.39 is 0 Å². The largest absolute Gasteiger partial charge is 0.351 e. The molecule has 1 aromatic heterocycles. The Balaban J connectivity index is 1.17. The number of H-pyrrole nitrogens is 1. The van der Waals surface area contributed by atoms with Crippen molar-refractivity contribution in [3.05, 3.63) is 70.6 Å². The van der Waals surface area contributed by atoms with Gasteiger partial charge < -0.3 is 10.3 Å². The summed E-state index contributed by atoms with van der Waals surface area (Å²) in [6.07, 6.45) is 6.76. The molecule has 0 radical (unpaired) electrons. The van der Waals surface area contributed by atoms with Crippen LogP contribution in [0.3, 0.4) is 0 Å². The number of benzene rings is 2. The summed E-state index contributed by atoms with van der Waals surface area (Å²) in [7, 11) is 0. The van der Waals surface area contributed by atoms with Gasteiger partial charge in [0.2, 0.25) is 0 Å². The molecule has 0 spiro atoms. The lowest BCUT2D eigenvalue weighted by molar-refractivity contribution is 0.0858. The van der Waals surface area contributed by atoms with Gasteiger partial charge in [-0.3, -0.25) is 9.69 Å². The minimum atomic E-state index is -0.293. The van der Waals surface area contributed by atoms with Gasteiger partial charge >= 0.3 is 0 Å². The van der Waals surface area contributed by atoms with Gasteiger partial charge in [0.1, 0.15) is 11.5 Å². The molecule has 2 unspecified atom stereocenters. The summed E-state index contributed by atoms with van der Waals surface area (Å²) >= 11 is 6.01. The Morgan fingerprint density at radius 3 is 2.62 bits per heavy atom. The molecule has 2 atom stereocenters. The molecule has 2 fully saturated rings. The number of aromatic amines is 1. The van der Waals surface area contributed by atoms with E-state index in [9.17, 15) is 9.18 Å². The van der Waals surface area contributed by atoms with Crippen LogP contribution in [0.15, 0.2) is 48.5 Å². The van der Waals surface area contributed by atoms with E-state index in [1.807, 2.05) is 12.1 Å². The van der Waals surface area contributed by atoms with Crippen molar-refractivity contribution < 1.29 is 9.18 Å². The van der Waals surface area contributed by atoms with Crippen molar-refractivity contribution >= 4 is 28.4 Å². The van der Waals surface area contributed by atoms with Gasteiger partial charge in [0.15, 0.2) is 0 Å². The van der Waals surface area contributed by atoms with Crippen LogP contribution < -0.4 is 5.32 Å². The first-order chi connectivity index (χ1) is 15.5. The predicted molar refractivity (Wildman–Crippen MR) is 127 cm³/mol. The number of likely N-dealkylation sites (tertiary alicyclic amines) is 1. The molecule has 2 aliphatic rings. The van der Waals surface area contributed by atoms with Crippen LogP contribution in [0.2, 0.25) is 5.02 Å². The third-order valence-corrected chi connectivity index (χ3v) is 7.43. The van der Waals surface area contributed by atoms with Crippen molar-refractivity contribution in [1.29, 1.82) is 0 Å². The van der Waals surface area contributed by atoms with E-state index in [-0.39, 0.29) is 17.8 Å². The van der Waals surface area contributed by atoms with Gasteiger partial charge in [-0.25, -0.2) is 4.39 Å². The molecule has 1 saturated carbocycles. The number of aromatic nitrogens is 1. The molecule has 1 amide bonds. The van der Waals surface area contributed by atoms with Crippen molar-refractivity contribution in [3.8, 4) is 0 Å². The molecule has 2 N–H and O–H groups in total. The molecular weight excluding hydrogens is 425 g/mol. The Hall–Kier alpha value is -2.37. The molecule has 1 saturated heterocycles. The molecule has 5 rings (SSSR count). The Labute approximate surface area is 193 Å². The number of nitrogens with zero attached hydrogens (tertiary/aromatic N) is 1. The summed E-state index contributed by atoms with van der Waals surface area (Å²) in [6, 6.07) is 15.1. The van der Waals surface area contributed by atoms with E-state index in [1.54, 1.807) is 12.1 Å². The molecule has 32 heavy (non-hydrogen) atoms. The fourth-order valence-electron chi connectivity index (χ4n) is 5.46. The van der Waals surface area contributed by atoms with Crippen LogP contribution in [-0.2, 0) is 6.42 Å². The number of hydrogen-bond acceptors (Lipinski definition) is 2. The number of amides is 1. The lowest BCUT2D eigenvalue weighted by atomic mass is 9.89. The van der Waals surface area contributed by atoms with Gasteiger partial charge in [0, 0.05) is 28.0 Å². The molecule has 1 aliphatic heterocycles. The minimum Gasteiger partial charge on any atom is -0.351 e. The number of carbonyl (C=O) groups is 1. The summed E-state index contributed by atoms with van der Waals surface area (Å²) in [4.78, 5) is 18.6. The average molecular weight is 454 g/mol. The van der Waals surface area contributed by atoms with Crippen molar-refractivity contribution in [1.82, 2.24) is 15.2 Å². The first-order valence-corrected chi connectivity index (χ1v) is 12.0. The Kier molecular flexibility index (Phi) is 6.20. The zero-order valence-electron chi connectivity index (χ0n) is 18.1. The lowest BCUT2D eigenvalue weighted by Crippen LogP contribution is -2.51. The van der Waals surface area contributed by atoms with E-state index in [0.29, 0.717) is 17.7 Å². The highest BCUT2D eigenvalue weighted by atomic mass is 35.5. The van der Waals surface area contributed by atoms with E-state index in [2.05, 4.69) is 27.3 Å². The maximum atomic E-state index is 13.5. The highest BCUT2D eigenvalue weighted by Crippen LogP contribution is 2.30. The third kappa shape index (κ3) is 4.69. The van der Waals surface area contributed by atoms with Crippen molar-refractivity contribution in [2.24, 2.45) is 5.92 Å². The lowest BCUT2D eigenvalue weighted by Gasteiger charge is -2.38. The molecule has 2 aromatic carbocycles. The van der Waals surface area contributed by atoms with Gasteiger partial charge in [-0.1, -0.05) is 23.7 Å². The quantitative estimate of drug-likeness (QED) is 0.530. The van der Waals surface area contributed by atoms with Crippen LogP contribution in [0.1, 0.15) is 48.2 Å². The zero-order chi connectivity index (χ0) is 22.1. The number of halogens is 2. The number of hydrogen-bond donors (Lipinski definition) is 2. The van der Waals surface area contributed by atoms with E-state index >= 15 is 0 Å². The topological polar surface area (TPSA) is 48.1 Å². The van der Waals surface area contributed by atoms with Crippen LogP contribution in [0, 0.1) is 11.7 Å². The molecule has 3 aromatic rings. The van der Waals surface area contributed by atoms with Gasteiger partial charge in [-0.05, 0) is 99.5 Å². The van der Waals surface area contributed by atoms with Crippen molar-refractivity contribution in [2.75, 3.05) is 13.1 Å². The molecule has 0 bridgehead atoms. The number of fused-ring (bicyclic) bond motifs is 1. The molecule has 4 nitrogen and oxygen atoms in total. The van der Waals surface area contributed by atoms with Crippen LogP contribution in [0.4, 0.5) is 4.39 Å². The number of nitrogens with one attached hydrogen (secondary N) is 2. The maximum Gasteiger partial charge on any atom is 0.268 e. The summed E-state index contributed by atoms with van der Waals surface area (Å²) in [6.45, 7) is 2.17. The first-order valence-electron chi connectivity index (χ1n) is 11.6. The van der Waals surface area contributed by atoms with Crippen LogP contribution in [-0.4, -0.2) is 41.0 Å². The van der Waals surface area contributed by atoms with Crippen LogP contribution in [0.25, 0.3) is 10.9 Å². The third-order valence-electron chi connectivity index (χ3n) is 7.18. The normalized spacial score (nSPS) is 22.4. The van der Waals surface area contributed by atoms with Gasteiger partial charge in [0.25, 0.3) is 5.91 Å². The van der Waals surface area contributed by atoms with Crippen molar-refractivity contribution in [3.63, 3.8) is 0 Å². The van der Waals surface area contributed by atoms with Crippen molar-refractivity contribution in [2.45, 2.75) is 50.6 Å². The Morgan fingerprint density at radius 1 is 1.06 bits per heavy atom. The van der Waals surface area contributed by atoms with E-state index in [4.69, 9.17) is 11.6 Å². The second-order valence-corrected chi connectivity index (χ2v) is 9.74. The van der Waals surface area contributed by atoms with E-state index in [0.717, 1.165) is 54.7 Å².